The Hall–Kier alpha value is -0.120. The Labute approximate surface area is 79.5 Å². The number of rotatable bonds is 2. The maximum Gasteiger partial charge on any atom is 0.0693 e. The van der Waals surface area contributed by atoms with E-state index < -0.39 is 0 Å². The summed E-state index contributed by atoms with van der Waals surface area (Å²) in [5.74, 6) is 0. The molecule has 0 bridgehead atoms. The maximum absolute atomic E-state index is 9.63. The lowest BCUT2D eigenvalue weighted by atomic mass is 10.1. The van der Waals surface area contributed by atoms with Crippen molar-refractivity contribution in [1.82, 2.24) is 5.32 Å². The van der Waals surface area contributed by atoms with Crippen molar-refractivity contribution in [2.75, 3.05) is 13.2 Å². The van der Waals surface area contributed by atoms with Crippen molar-refractivity contribution in [3.63, 3.8) is 0 Å². The molecule has 1 aliphatic heterocycles. The summed E-state index contributed by atoms with van der Waals surface area (Å²) in [5, 5.41) is 13.2. The highest BCUT2D eigenvalue weighted by atomic mass is 16.5. The zero-order chi connectivity index (χ0) is 9.10. The minimum atomic E-state index is -0.108. The lowest BCUT2D eigenvalue weighted by Gasteiger charge is -2.27. The van der Waals surface area contributed by atoms with Crippen LogP contribution in [0.3, 0.4) is 0 Å². The Morgan fingerprint density at radius 3 is 2.46 bits per heavy atom. The fourth-order valence-electron chi connectivity index (χ4n) is 2.30. The van der Waals surface area contributed by atoms with E-state index in [0.29, 0.717) is 12.1 Å². The fourth-order valence-corrected chi connectivity index (χ4v) is 2.30. The van der Waals surface area contributed by atoms with Crippen LogP contribution >= 0.6 is 0 Å². The minimum absolute atomic E-state index is 0.108. The topological polar surface area (TPSA) is 41.5 Å². The predicted molar refractivity (Wildman–Crippen MR) is 50.6 cm³/mol. The summed E-state index contributed by atoms with van der Waals surface area (Å²) in [5.41, 5.74) is 0. The van der Waals surface area contributed by atoms with Crippen molar-refractivity contribution >= 4 is 0 Å². The number of hydrogen-bond acceptors (Lipinski definition) is 3. The van der Waals surface area contributed by atoms with Gasteiger partial charge >= 0.3 is 0 Å². The van der Waals surface area contributed by atoms with Crippen molar-refractivity contribution in [1.29, 1.82) is 0 Å². The molecule has 76 valence electrons. The van der Waals surface area contributed by atoms with Crippen LogP contribution in [0, 0.1) is 0 Å². The molecule has 1 heterocycles. The average Bonchev–Trinajstić information content (AvgIpc) is 2.54. The van der Waals surface area contributed by atoms with E-state index in [2.05, 4.69) is 5.32 Å². The zero-order valence-electron chi connectivity index (χ0n) is 8.04. The molecule has 3 heteroatoms. The van der Waals surface area contributed by atoms with Gasteiger partial charge in [-0.1, -0.05) is 0 Å². The molecule has 2 aliphatic rings. The first-order valence-corrected chi connectivity index (χ1v) is 5.38. The summed E-state index contributed by atoms with van der Waals surface area (Å²) in [6, 6.07) is 0.926. The van der Waals surface area contributed by atoms with Gasteiger partial charge in [-0.2, -0.15) is 0 Å². The SMILES string of the molecule is O[C@H]1CCC[C@@H]1NC1CCOCC1. The lowest BCUT2D eigenvalue weighted by molar-refractivity contribution is 0.0655. The highest BCUT2D eigenvalue weighted by molar-refractivity contribution is 4.86. The normalized spacial score (nSPS) is 36.7. The Kier molecular flexibility index (Phi) is 3.19. The lowest BCUT2D eigenvalue weighted by Crippen LogP contribution is -2.44. The molecular formula is C10H19NO2. The third kappa shape index (κ3) is 2.42. The van der Waals surface area contributed by atoms with E-state index >= 15 is 0 Å². The molecule has 0 aromatic rings. The first kappa shape index (κ1) is 9.44. The molecule has 0 aromatic heterocycles. The minimum Gasteiger partial charge on any atom is -0.392 e. The van der Waals surface area contributed by atoms with Crippen LogP contribution in [0.25, 0.3) is 0 Å². The highest BCUT2D eigenvalue weighted by Gasteiger charge is 2.27. The van der Waals surface area contributed by atoms with Crippen LogP contribution < -0.4 is 5.32 Å². The largest absolute Gasteiger partial charge is 0.392 e. The fraction of sp³-hybridized carbons (Fsp3) is 1.00. The van der Waals surface area contributed by atoms with E-state index in [4.69, 9.17) is 4.74 Å². The summed E-state index contributed by atoms with van der Waals surface area (Å²) in [4.78, 5) is 0. The van der Waals surface area contributed by atoms with Gasteiger partial charge in [0.1, 0.15) is 0 Å². The summed E-state index contributed by atoms with van der Waals surface area (Å²) in [6.45, 7) is 1.75. The third-order valence-electron chi connectivity index (χ3n) is 3.15. The first-order valence-electron chi connectivity index (χ1n) is 5.38. The second kappa shape index (κ2) is 4.40. The van der Waals surface area contributed by atoms with Gasteiger partial charge in [-0.25, -0.2) is 0 Å². The van der Waals surface area contributed by atoms with Gasteiger partial charge < -0.3 is 15.2 Å². The number of hydrogen-bond donors (Lipinski definition) is 2. The molecule has 1 saturated heterocycles. The van der Waals surface area contributed by atoms with Crippen LogP contribution in [-0.2, 0) is 4.74 Å². The quantitative estimate of drug-likeness (QED) is 0.664. The van der Waals surface area contributed by atoms with Crippen LogP contribution in [0.4, 0.5) is 0 Å². The Morgan fingerprint density at radius 2 is 1.85 bits per heavy atom. The van der Waals surface area contributed by atoms with Crippen LogP contribution in [0.15, 0.2) is 0 Å². The molecule has 0 radical (unpaired) electrons. The van der Waals surface area contributed by atoms with Gasteiger partial charge in [0.25, 0.3) is 0 Å². The van der Waals surface area contributed by atoms with Crippen LogP contribution in [0.5, 0.6) is 0 Å². The van der Waals surface area contributed by atoms with Gasteiger partial charge in [-0.3, -0.25) is 0 Å². The third-order valence-corrected chi connectivity index (χ3v) is 3.15. The molecule has 0 unspecified atom stereocenters. The van der Waals surface area contributed by atoms with Gasteiger partial charge in [0.2, 0.25) is 0 Å². The van der Waals surface area contributed by atoms with E-state index in [1.807, 2.05) is 0 Å². The molecule has 3 nitrogen and oxygen atoms in total. The molecule has 1 aliphatic carbocycles. The first-order chi connectivity index (χ1) is 6.36. The second-order valence-electron chi connectivity index (χ2n) is 4.16. The van der Waals surface area contributed by atoms with Gasteiger partial charge in [0.05, 0.1) is 6.10 Å². The second-order valence-corrected chi connectivity index (χ2v) is 4.16. The van der Waals surface area contributed by atoms with Crippen molar-refractivity contribution in [2.24, 2.45) is 0 Å². The molecule has 13 heavy (non-hydrogen) atoms. The maximum atomic E-state index is 9.63. The molecule has 2 atom stereocenters. The van der Waals surface area contributed by atoms with E-state index in [9.17, 15) is 5.11 Å². The molecule has 1 saturated carbocycles. The van der Waals surface area contributed by atoms with Crippen molar-refractivity contribution in [2.45, 2.75) is 50.3 Å². The summed E-state index contributed by atoms with van der Waals surface area (Å²) in [6.07, 6.45) is 5.37. The van der Waals surface area contributed by atoms with Gasteiger partial charge in [0.15, 0.2) is 0 Å². The smallest absolute Gasteiger partial charge is 0.0693 e. The van der Waals surface area contributed by atoms with E-state index in [0.717, 1.165) is 38.9 Å². The number of nitrogens with one attached hydrogen (secondary N) is 1. The Balaban J connectivity index is 1.75. The predicted octanol–water partition coefficient (Wildman–Crippen LogP) is 0.668. The summed E-state index contributed by atoms with van der Waals surface area (Å²) < 4.78 is 5.29. The van der Waals surface area contributed by atoms with Crippen LogP contribution in [0.1, 0.15) is 32.1 Å². The molecule has 0 aromatic carbocycles. The molecule has 2 fully saturated rings. The molecule has 2 rings (SSSR count). The van der Waals surface area contributed by atoms with Crippen molar-refractivity contribution in [3.05, 3.63) is 0 Å². The molecule has 0 spiro atoms. The van der Waals surface area contributed by atoms with E-state index in [1.165, 1.54) is 6.42 Å². The monoisotopic (exact) mass is 185 g/mol. The Bertz CT molecular complexity index is 157. The average molecular weight is 185 g/mol. The van der Waals surface area contributed by atoms with E-state index in [1.54, 1.807) is 0 Å². The molecular weight excluding hydrogens is 166 g/mol. The zero-order valence-corrected chi connectivity index (χ0v) is 8.04. The van der Waals surface area contributed by atoms with Gasteiger partial charge in [-0.05, 0) is 32.1 Å². The molecule has 2 N–H and O–H groups in total. The van der Waals surface area contributed by atoms with E-state index in [-0.39, 0.29) is 6.10 Å². The van der Waals surface area contributed by atoms with Crippen LogP contribution in [-0.4, -0.2) is 36.5 Å². The van der Waals surface area contributed by atoms with Crippen molar-refractivity contribution in [3.8, 4) is 0 Å². The van der Waals surface area contributed by atoms with Crippen molar-refractivity contribution < 1.29 is 9.84 Å². The van der Waals surface area contributed by atoms with Gasteiger partial charge in [0, 0.05) is 25.3 Å². The van der Waals surface area contributed by atoms with Crippen LogP contribution in [0.2, 0.25) is 0 Å². The Morgan fingerprint density at radius 1 is 1.08 bits per heavy atom. The number of ether oxygens (including phenoxy) is 1. The summed E-state index contributed by atoms with van der Waals surface area (Å²) in [7, 11) is 0. The summed E-state index contributed by atoms with van der Waals surface area (Å²) >= 11 is 0. The molecule has 0 amide bonds. The highest BCUT2D eigenvalue weighted by Crippen LogP contribution is 2.20. The number of aliphatic hydroxyl groups excluding tert-OH is 1. The number of aliphatic hydroxyl groups is 1. The standard InChI is InChI=1S/C10H19NO2/c12-10-3-1-2-9(10)11-8-4-6-13-7-5-8/h8-12H,1-7H2/t9-,10-/m0/s1. The van der Waals surface area contributed by atoms with Gasteiger partial charge in [-0.15, -0.1) is 0 Å².